The van der Waals surface area contributed by atoms with Gasteiger partial charge in [-0.25, -0.2) is 13.6 Å². The molecule has 0 saturated heterocycles. The quantitative estimate of drug-likeness (QED) is 0.822. The Balaban J connectivity index is 3.03. The molecule has 0 aromatic heterocycles. The van der Waals surface area contributed by atoms with Crippen LogP contribution in [0.4, 0.5) is 0 Å². The molecule has 1 aromatic rings. The molecule has 0 saturated carbocycles. The third-order valence-corrected chi connectivity index (χ3v) is 3.91. The molecule has 0 heterocycles. The van der Waals surface area contributed by atoms with E-state index in [1.54, 1.807) is 6.92 Å². The highest BCUT2D eigenvalue weighted by Gasteiger charge is 2.16. The highest BCUT2D eigenvalue weighted by Crippen LogP contribution is 2.20. The number of nitrogens with two attached hydrogens (primary N) is 1. The fourth-order valence-corrected chi connectivity index (χ4v) is 2.42. The predicted molar refractivity (Wildman–Crippen MR) is 74.3 cm³/mol. The summed E-state index contributed by atoms with van der Waals surface area (Å²) < 4.78 is 27.9. The van der Waals surface area contributed by atoms with E-state index in [0.29, 0.717) is 11.1 Å². The van der Waals surface area contributed by atoms with Crippen LogP contribution in [-0.2, 0) is 14.8 Å². The van der Waals surface area contributed by atoms with Crippen LogP contribution in [0, 0.1) is 0 Å². The van der Waals surface area contributed by atoms with Gasteiger partial charge in [0.2, 0.25) is 10.0 Å². The lowest BCUT2D eigenvalue weighted by Crippen LogP contribution is -2.35. The number of sulfonamides is 1. The fraction of sp³-hybridized carbons (Fsp3) is 0.364. The second-order valence-corrected chi connectivity index (χ2v) is 6.43. The summed E-state index contributed by atoms with van der Waals surface area (Å²) in [6.45, 7) is 2.14. The number of halogens is 1. The zero-order valence-corrected chi connectivity index (χ0v) is 12.9. The van der Waals surface area contributed by atoms with E-state index in [-0.39, 0.29) is 16.5 Å². The Kier molecular flexibility index (Phi) is 5.48. The largest absolute Gasteiger partial charge is 0.383 e. The zero-order valence-electron chi connectivity index (χ0n) is 10.5. The molecule has 6 nitrogen and oxygen atoms in total. The maximum absolute atomic E-state index is 12.0. The number of ether oxygens (including phenoxy) is 1. The maximum Gasteiger partial charge on any atom is 0.252 e. The smallest absolute Gasteiger partial charge is 0.252 e. The van der Waals surface area contributed by atoms with Gasteiger partial charge in [0.15, 0.2) is 0 Å². The number of benzene rings is 1. The second-order valence-electron chi connectivity index (χ2n) is 4.02. The number of hydrogen-bond acceptors (Lipinski definition) is 4. The number of amides is 1. The molecule has 1 rings (SSSR count). The summed E-state index contributed by atoms with van der Waals surface area (Å²) >= 11 is 3.20. The van der Waals surface area contributed by atoms with E-state index in [1.165, 1.54) is 25.3 Å². The van der Waals surface area contributed by atoms with Crippen LogP contribution < -0.4 is 10.5 Å². The Labute approximate surface area is 120 Å². The summed E-state index contributed by atoms with van der Waals surface area (Å²) in [5.41, 5.74) is 0.203. The monoisotopic (exact) mass is 350 g/mol. The first-order valence-corrected chi connectivity index (χ1v) is 7.71. The number of carbonyl (C=O) groups is 1. The van der Waals surface area contributed by atoms with Crippen molar-refractivity contribution >= 4 is 31.9 Å². The number of hydrogen-bond donors (Lipinski definition) is 2. The van der Waals surface area contributed by atoms with Gasteiger partial charge in [-0.05, 0) is 41.1 Å². The van der Waals surface area contributed by atoms with Crippen LogP contribution in [0.1, 0.15) is 17.3 Å². The second kappa shape index (κ2) is 6.47. The van der Waals surface area contributed by atoms with Crippen LogP contribution in [-0.4, -0.2) is 34.1 Å². The molecule has 106 valence electrons. The lowest BCUT2D eigenvalue weighted by atomic mass is 10.2. The van der Waals surface area contributed by atoms with E-state index in [4.69, 9.17) is 9.88 Å². The van der Waals surface area contributed by atoms with Gasteiger partial charge in [0.25, 0.3) is 5.91 Å². The lowest BCUT2D eigenvalue weighted by Gasteiger charge is -2.14. The van der Waals surface area contributed by atoms with Crippen molar-refractivity contribution in [3.05, 3.63) is 28.2 Å². The van der Waals surface area contributed by atoms with Crippen molar-refractivity contribution in [3.8, 4) is 0 Å². The van der Waals surface area contributed by atoms with E-state index >= 15 is 0 Å². The molecule has 1 amide bonds. The highest BCUT2D eigenvalue weighted by molar-refractivity contribution is 9.10. The van der Waals surface area contributed by atoms with Crippen LogP contribution in [0.5, 0.6) is 0 Å². The molecule has 3 N–H and O–H groups in total. The van der Waals surface area contributed by atoms with Crippen LogP contribution in [0.2, 0.25) is 0 Å². The van der Waals surface area contributed by atoms with Gasteiger partial charge in [0.1, 0.15) is 0 Å². The van der Waals surface area contributed by atoms with E-state index < -0.39 is 15.9 Å². The Bertz CT molecular complexity index is 574. The van der Waals surface area contributed by atoms with Crippen molar-refractivity contribution in [1.82, 2.24) is 5.32 Å². The number of rotatable bonds is 5. The molecule has 0 fully saturated rings. The van der Waals surface area contributed by atoms with Crippen molar-refractivity contribution in [1.29, 1.82) is 0 Å². The fourth-order valence-electron chi connectivity index (χ4n) is 1.45. The van der Waals surface area contributed by atoms with Crippen molar-refractivity contribution < 1.29 is 17.9 Å². The summed E-state index contributed by atoms with van der Waals surface area (Å²) in [6.07, 6.45) is 0. The van der Waals surface area contributed by atoms with Crippen LogP contribution in [0.25, 0.3) is 0 Å². The van der Waals surface area contributed by atoms with Gasteiger partial charge in [-0.15, -0.1) is 0 Å². The minimum Gasteiger partial charge on any atom is -0.383 e. The topological polar surface area (TPSA) is 98.5 Å². The molecule has 8 heteroatoms. The Morgan fingerprint density at radius 1 is 1.53 bits per heavy atom. The van der Waals surface area contributed by atoms with Gasteiger partial charge in [-0.1, -0.05) is 0 Å². The minimum atomic E-state index is -3.84. The molecule has 0 spiro atoms. The van der Waals surface area contributed by atoms with E-state index in [0.717, 1.165) is 0 Å². The van der Waals surface area contributed by atoms with Crippen LogP contribution in [0.15, 0.2) is 27.6 Å². The normalized spacial score (nSPS) is 13.1. The van der Waals surface area contributed by atoms with Gasteiger partial charge in [0.05, 0.1) is 17.1 Å². The molecule has 1 atom stereocenters. The first-order chi connectivity index (χ1) is 8.75. The van der Waals surface area contributed by atoms with Gasteiger partial charge in [-0.3, -0.25) is 4.79 Å². The van der Waals surface area contributed by atoms with Gasteiger partial charge in [-0.2, -0.15) is 0 Å². The summed E-state index contributed by atoms with van der Waals surface area (Å²) in [6, 6.07) is 3.83. The summed E-state index contributed by atoms with van der Waals surface area (Å²) in [5, 5.41) is 7.72. The summed E-state index contributed by atoms with van der Waals surface area (Å²) in [7, 11) is -2.31. The molecule has 19 heavy (non-hydrogen) atoms. The van der Waals surface area contributed by atoms with E-state index in [9.17, 15) is 13.2 Å². The number of nitrogens with one attached hydrogen (secondary N) is 1. The van der Waals surface area contributed by atoms with Crippen LogP contribution >= 0.6 is 15.9 Å². The van der Waals surface area contributed by atoms with Gasteiger partial charge < -0.3 is 10.1 Å². The molecule has 0 aliphatic rings. The summed E-state index contributed by atoms with van der Waals surface area (Å²) in [5.74, 6) is -0.401. The standard InChI is InChI=1S/C11H15BrN2O4S/c1-7(6-18-2)14-11(15)9-5-8(19(13,16)17)3-4-10(9)12/h3-5,7H,6H2,1-2H3,(H,14,15)(H2,13,16,17). The first kappa shape index (κ1) is 16.1. The zero-order chi connectivity index (χ0) is 14.6. The van der Waals surface area contributed by atoms with E-state index in [1.807, 2.05) is 0 Å². The highest BCUT2D eigenvalue weighted by atomic mass is 79.9. The molecular weight excluding hydrogens is 336 g/mol. The van der Waals surface area contributed by atoms with Crippen molar-refractivity contribution in [2.75, 3.05) is 13.7 Å². The van der Waals surface area contributed by atoms with Crippen molar-refractivity contribution in [2.24, 2.45) is 5.14 Å². The minimum absolute atomic E-state index is 0.111. The first-order valence-electron chi connectivity index (χ1n) is 5.38. The number of primary sulfonamides is 1. The molecule has 0 radical (unpaired) electrons. The number of carbonyl (C=O) groups excluding carboxylic acids is 1. The maximum atomic E-state index is 12.0. The third-order valence-electron chi connectivity index (χ3n) is 2.31. The molecule has 0 bridgehead atoms. The van der Waals surface area contributed by atoms with Crippen molar-refractivity contribution in [3.63, 3.8) is 0 Å². The lowest BCUT2D eigenvalue weighted by molar-refractivity contribution is 0.0904. The average Bonchev–Trinajstić information content (AvgIpc) is 2.27. The molecule has 0 aliphatic heterocycles. The summed E-state index contributed by atoms with van der Waals surface area (Å²) in [4.78, 5) is 11.9. The van der Waals surface area contributed by atoms with Crippen molar-refractivity contribution in [2.45, 2.75) is 17.9 Å². The molecular formula is C11H15BrN2O4S. The number of methoxy groups -OCH3 is 1. The molecule has 0 aliphatic carbocycles. The van der Waals surface area contributed by atoms with Gasteiger partial charge in [0, 0.05) is 17.6 Å². The van der Waals surface area contributed by atoms with Gasteiger partial charge >= 0.3 is 0 Å². The Morgan fingerprint density at radius 2 is 2.16 bits per heavy atom. The predicted octanol–water partition coefficient (Wildman–Crippen LogP) is 0.861. The average molecular weight is 351 g/mol. The third kappa shape index (κ3) is 4.57. The Hall–Kier alpha value is -0.960. The molecule has 1 aromatic carbocycles. The Morgan fingerprint density at radius 3 is 2.68 bits per heavy atom. The SMILES string of the molecule is COCC(C)NC(=O)c1cc(S(N)(=O)=O)ccc1Br. The van der Waals surface area contributed by atoms with E-state index in [2.05, 4.69) is 21.2 Å². The molecule has 1 unspecified atom stereocenters. The van der Waals surface area contributed by atoms with Crippen LogP contribution in [0.3, 0.4) is 0 Å².